The Hall–Kier alpha value is -1.53. The number of ether oxygens (including phenoxy) is 1. The van der Waals surface area contributed by atoms with E-state index in [4.69, 9.17) is 4.74 Å². The van der Waals surface area contributed by atoms with Crippen LogP contribution in [-0.4, -0.2) is 20.0 Å². The minimum Gasteiger partial charge on any atom is -0.768 e. The quantitative estimate of drug-likeness (QED) is 0.833. The van der Waals surface area contributed by atoms with Crippen molar-refractivity contribution < 1.29 is 18.6 Å². The van der Waals surface area contributed by atoms with E-state index in [0.29, 0.717) is 6.61 Å². The van der Waals surface area contributed by atoms with Gasteiger partial charge in [-0.3, -0.25) is 4.21 Å². The molecule has 0 heterocycles. The number of aliphatic hydroxyl groups is 1. The number of aliphatic hydroxyl groups excluding tert-OH is 1. The summed E-state index contributed by atoms with van der Waals surface area (Å²) in [7, 11) is 0. The highest BCUT2D eigenvalue weighted by molar-refractivity contribution is 7.79. The van der Waals surface area contributed by atoms with Gasteiger partial charge in [0.1, 0.15) is 6.10 Å². The van der Waals surface area contributed by atoms with Crippen LogP contribution in [0.2, 0.25) is 0 Å². The van der Waals surface area contributed by atoms with Crippen LogP contribution in [0.25, 0.3) is 0 Å². The van der Waals surface area contributed by atoms with Crippen LogP contribution in [0.5, 0.6) is 0 Å². The zero-order chi connectivity index (χ0) is 15.2. The molecule has 0 radical (unpaired) electrons. The lowest BCUT2D eigenvalue weighted by Gasteiger charge is -2.21. The van der Waals surface area contributed by atoms with Gasteiger partial charge in [-0.25, -0.2) is 0 Å². The zero-order valence-corrected chi connectivity index (χ0v) is 12.5. The fraction of sp³-hybridized carbons (Fsp3) is 0.250. The first-order chi connectivity index (χ1) is 10.1. The van der Waals surface area contributed by atoms with E-state index in [-0.39, 0.29) is 4.90 Å². The molecule has 0 saturated carbocycles. The maximum atomic E-state index is 10.8. The molecule has 0 aromatic heterocycles. The highest BCUT2D eigenvalue weighted by Gasteiger charge is 2.18. The molecule has 21 heavy (non-hydrogen) atoms. The van der Waals surface area contributed by atoms with Gasteiger partial charge in [0, 0.05) is 4.90 Å². The van der Waals surface area contributed by atoms with Crippen LogP contribution >= 0.6 is 0 Å². The normalized spacial score (nSPS) is 15.4. The van der Waals surface area contributed by atoms with Crippen molar-refractivity contribution in [3.05, 3.63) is 65.7 Å². The summed E-state index contributed by atoms with van der Waals surface area (Å²) >= 11 is -2.25. The zero-order valence-electron chi connectivity index (χ0n) is 11.6. The average Bonchev–Trinajstić information content (AvgIpc) is 2.48. The highest BCUT2D eigenvalue weighted by atomic mass is 32.2. The molecule has 2 aromatic carbocycles. The topological polar surface area (TPSA) is 69.6 Å². The van der Waals surface area contributed by atoms with E-state index in [1.807, 2.05) is 30.3 Å². The van der Waals surface area contributed by atoms with Gasteiger partial charge >= 0.3 is 0 Å². The molecule has 2 aromatic rings. The van der Waals surface area contributed by atoms with Crippen LogP contribution in [0.3, 0.4) is 0 Å². The van der Waals surface area contributed by atoms with Gasteiger partial charge in [0.15, 0.2) is 0 Å². The van der Waals surface area contributed by atoms with E-state index >= 15 is 0 Å². The highest BCUT2D eigenvalue weighted by Crippen LogP contribution is 2.24. The SMILES string of the molecule is C[C@H](O)C(OCc1ccccc1)c1ccc(S(=O)[O-])cc1. The summed E-state index contributed by atoms with van der Waals surface area (Å²) in [6.07, 6.45) is -1.20. The van der Waals surface area contributed by atoms with Gasteiger partial charge in [0.05, 0.1) is 12.7 Å². The van der Waals surface area contributed by atoms with Gasteiger partial charge in [-0.2, -0.15) is 0 Å². The third kappa shape index (κ3) is 4.47. The Balaban J connectivity index is 2.09. The molecule has 3 atom stereocenters. The minimum absolute atomic E-state index is 0.214. The lowest BCUT2D eigenvalue weighted by molar-refractivity contribution is -0.0401. The lowest BCUT2D eigenvalue weighted by Crippen LogP contribution is -2.18. The monoisotopic (exact) mass is 305 g/mol. The molecule has 0 saturated heterocycles. The van der Waals surface area contributed by atoms with Gasteiger partial charge in [-0.05, 0) is 41.3 Å². The standard InChI is InChI=1S/C16H18O4S/c1-12(17)16(20-11-13-5-3-2-4-6-13)14-7-9-15(10-8-14)21(18)19/h2-10,12,16-17H,11H2,1H3,(H,18,19)/p-1/t12-,16?/m0/s1. The van der Waals surface area contributed by atoms with Crippen LogP contribution in [0, 0.1) is 0 Å². The van der Waals surface area contributed by atoms with Crippen LogP contribution in [0.1, 0.15) is 24.2 Å². The summed E-state index contributed by atoms with van der Waals surface area (Å²) in [5.74, 6) is 0. The molecule has 0 bridgehead atoms. The fourth-order valence-corrected chi connectivity index (χ4v) is 2.40. The van der Waals surface area contributed by atoms with Crippen molar-refractivity contribution in [1.29, 1.82) is 0 Å². The second-order valence-electron chi connectivity index (χ2n) is 4.76. The summed E-state index contributed by atoms with van der Waals surface area (Å²) in [5.41, 5.74) is 1.76. The summed E-state index contributed by atoms with van der Waals surface area (Å²) in [5, 5.41) is 9.88. The molecule has 2 rings (SSSR count). The summed E-state index contributed by atoms with van der Waals surface area (Å²) < 4.78 is 27.5. The van der Waals surface area contributed by atoms with E-state index in [0.717, 1.165) is 11.1 Å². The minimum atomic E-state index is -2.25. The molecule has 0 amide bonds. The molecule has 0 aliphatic heterocycles. The molecule has 1 N–H and O–H groups in total. The van der Waals surface area contributed by atoms with Gasteiger partial charge in [-0.15, -0.1) is 0 Å². The third-order valence-electron chi connectivity index (χ3n) is 3.11. The first-order valence-electron chi connectivity index (χ1n) is 6.60. The fourth-order valence-electron chi connectivity index (χ4n) is 2.04. The van der Waals surface area contributed by atoms with Gasteiger partial charge < -0.3 is 14.4 Å². The molecular weight excluding hydrogens is 288 g/mol. The Labute approximate surface area is 126 Å². The molecule has 4 nitrogen and oxygen atoms in total. The van der Waals surface area contributed by atoms with Gasteiger partial charge in [0.25, 0.3) is 0 Å². The lowest BCUT2D eigenvalue weighted by atomic mass is 10.1. The van der Waals surface area contributed by atoms with Gasteiger partial charge in [-0.1, -0.05) is 42.5 Å². The van der Waals surface area contributed by atoms with Crippen molar-refractivity contribution in [2.45, 2.75) is 30.6 Å². The Bertz CT molecular complexity index is 581. The molecular formula is C16H17O4S-. The smallest absolute Gasteiger partial charge is 0.108 e. The summed E-state index contributed by atoms with van der Waals surface area (Å²) in [4.78, 5) is 0.214. The first-order valence-corrected chi connectivity index (χ1v) is 7.68. The van der Waals surface area contributed by atoms with Crippen LogP contribution < -0.4 is 0 Å². The number of hydrogen-bond donors (Lipinski definition) is 1. The van der Waals surface area contributed by atoms with E-state index in [1.54, 1.807) is 19.1 Å². The van der Waals surface area contributed by atoms with Crippen molar-refractivity contribution in [2.75, 3.05) is 0 Å². The molecule has 0 aliphatic carbocycles. The van der Waals surface area contributed by atoms with Crippen LogP contribution in [-0.2, 0) is 22.4 Å². The van der Waals surface area contributed by atoms with E-state index < -0.39 is 23.3 Å². The largest absolute Gasteiger partial charge is 0.768 e. The summed E-state index contributed by atoms with van der Waals surface area (Å²) in [6, 6.07) is 16.0. The van der Waals surface area contributed by atoms with Crippen LogP contribution in [0.4, 0.5) is 0 Å². The molecule has 0 spiro atoms. The Morgan fingerprint density at radius 2 is 1.76 bits per heavy atom. The van der Waals surface area contributed by atoms with E-state index in [1.165, 1.54) is 12.1 Å². The molecule has 2 unspecified atom stereocenters. The number of hydrogen-bond acceptors (Lipinski definition) is 4. The molecule has 0 aliphatic rings. The maximum absolute atomic E-state index is 10.8. The van der Waals surface area contributed by atoms with Crippen molar-refractivity contribution in [3.8, 4) is 0 Å². The second kappa shape index (κ2) is 7.47. The molecule has 5 heteroatoms. The second-order valence-corrected chi connectivity index (χ2v) is 5.70. The maximum Gasteiger partial charge on any atom is 0.108 e. The van der Waals surface area contributed by atoms with Crippen LogP contribution in [0.15, 0.2) is 59.5 Å². The predicted molar refractivity (Wildman–Crippen MR) is 79.3 cm³/mol. The van der Waals surface area contributed by atoms with Crippen molar-refractivity contribution >= 4 is 11.1 Å². The predicted octanol–water partition coefficient (Wildman–Crippen LogP) is 2.56. The summed E-state index contributed by atoms with van der Waals surface area (Å²) in [6.45, 7) is 2.03. The average molecular weight is 305 g/mol. The molecule has 112 valence electrons. The van der Waals surface area contributed by atoms with Crippen molar-refractivity contribution in [2.24, 2.45) is 0 Å². The first kappa shape index (κ1) is 15.9. The molecule has 0 fully saturated rings. The third-order valence-corrected chi connectivity index (χ3v) is 3.77. The van der Waals surface area contributed by atoms with Gasteiger partial charge in [0.2, 0.25) is 0 Å². The van der Waals surface area contributed by atoms with E-state index in [2.05, 4.69) is 0 Å². The van der Waals surface area contributed by atoms with Crippen molar-refractivity contribution in [3.63, 3.8) is 0 Å². The van der Waals surface area contributed by atoms with E-state index in [9.17, 15) is 13.9 Å². The Kier molecular flexibility index (Phi) is 5.64. The Morgan fingerprint density at radius 1 is 1.14 bits per heavy atom. The van der Waals surface area contributed by atoms with Crippen molar-refractivity contribution in [1.82, 2.24) is 0 Å². The number of rotatable bonds is 6. The number of benzene rings is 2. The Morgan fingerprint density at radius 3 is 2.29 bits per heavy atom.